The van der Waals surface area contributed by atoms with Crippen LogP contribution in [-0.4, -0.2) is 41.4 Å². The van der Waals surface area contributed by atoms with Gasteiger partial charge in [0, 0.05) is 31.1 Å². The van der Waals surface area contributed by atoms with Gasteiger partial charge in [-0.1, -0.05) is 13.8 Å². The average molecular weight is 398 g/mol. The van der Waals surface area contributed by atoms with E-state index >= 15 is 0 Å². The third-order valence-corrected chi connectivity index (χ3v) is 4.55. The quantitative estimate of drug-likeness (QED) is 0.646. The Labute approximate surface area is 165 Å². The number of hydrogen-bond donors (Lipinski definition) is 2. The molecular weight excluding hydrogens is 376 g/mol. The highest BCUT2D eigenvalue weighted by molar-refractivity contribution is 5.96. The summed E-state index contributed by atoms with van der Waals surface area (Å²) in [5, 5.41) is 25.4. The highest BCUT2D eigenvalue weighted by atomic mass is 16.4. The number of nitrogens with zero attached hydrogens (tertiary/aromatic N) is 5. The van der Waals surface area contributed by atoms with Gasteiger partial charge in [-0.2, -0.15) is 9.61 Å². The molecule has 1 amide bonds. The largest absolute Gasteiger partial charge is 0.494 e. The molecule has 2 N–H and O–H groups in total. The minimum Gasteiger partial charge on any atom is -0.494 e. The van der Waals surface area contributed by atoms with E-state index in [4.69, 9.17) is 4.42 Å². The van der Waals surface area contributed by atoms with Crippen LogP contribution in [0.5, 0.6) is 5.88 Å². The number of hydrogen-bond acceptors (Lipinski definition) is 7. The molecule has 0 atom stereocenters. The summed E-state index contributed by atoms with van der Waals surface area (Å²) in [5.41, 5.74) is -0.000130. The molecule has 1 aliphatic rings. The molecule has 1 aliphatic carbocycles. The Hall–Kier alpha value is -3.43. The maximum Gasteiger partial charge on any atom is 0.291 e. The zero-order valence-corrected chi connectivity index (χ0v) is 16.4. The fourth-order valence-corrected chi connectivity index (χ4v) is 3.09. The smallest absolute Gasteiger partial charge is 0.291 e. The van der Waals surface area contributed by atoms with Crippen LogP contribution in [0.3, 0.4) is 0 Å². The number of fused-ring (bicyclic) bond motifs is 1. The summed E-state index contributed by atoms with van der Waals surface area (Å²) in [5.74, 6) is -0.0483. The van der Waals surface area contributed by atoms with E-state index in [1.54, 1.807) is 23.6 Å². The molecule has 10 heteroatoms. The van der Waals surface area contributed by atoms with Gasteiger partial charge in [-0.3, -0.25) is 14.2 Å². The van der Waals surface area contributed by atoms with Crippen LogP contribution in [-0.2, 0) is 6.54 Å². The summed E-state index contributed by atoms with van der Waals surface area (Å²) in [6.07, 6.45) is 6.53. The summed E-state index contributed by atoms with van der Waals surface area (Å²) >= 11 is 0. The fraction of sp³-hybridized carbons (Fsp3) is 0.421. The Morgan fingerprint density at radius 1 is 1.38 bits per heavy atom. The number of amides is 1. The summed E-state index contributed by atoms with van der Waals surface area (Å²) in [6.45, 7) is 6.04. The van der Waals surface area contributed by atoms with E-state index in [1.807, 2.05) is 13.8 Å². The van der Waals surface area contributed by atoms with Crippen molar-refractivity contribution in [1.82, 2.24) is 29.7 Å². The van der Waals surface area contributed by atoms with Gasteiger partial charge in [0.15, 0.2) is 5.56 Å². The van der Waals surface area contributed by atoms with Crippen molar-refractivity contribution < 1.29 is 14.3 Å². The predicted molar refractivity (Wildman–Crippen MR) is 104 cm³/mol. The number of aromatic hydroxyl groups is 1. The standard InChI is InChI=1S/C19H22N6O4/c1-10(2)9-24-17-12(4-7-14-23-22-11(3)29-14)8-20-25(17)19(28)15(18(24)27)16(26)21-13-5-6-13/h4,7-8,10,13,27H,5-6,9H2,1-3H3,(H,21,26). The molecular formula is C19H22N6O4. The number of aromatic nitrogens is 5. The Kier molecular flexibility index (Phi) is 4.69. The van der Waals surface area contributed by atoms with Gasteiger partial charge in [0.2, 0.25) is 17.7 Å². The third kappa shape index (κ3) is 3.65. The zero-order chi connectivity index (χ0) is 20.7. The Balaban J connectivity index is 1.86. The van der Waals surface area contributed by atoms with Crippen molar-refractivity contribution in [3.63, 3.8) is 0 Å². The van der Waals surface area contributed by atoms with Crippen LogP contribution < -0.4 is 10.9 Å². The number of aryl methyl sites for hydroxylation is 1. The van der Waals surface area contributed by atoms with E-state index in [9.17, 15) is 14.7 Å². The van der Waals surface area contributed by atoms with E-state index in [1.165, 1.54) is 6.20 Å². The van der Waals surface area contributed by atoms with Crippen molar-refractivity contribution in [3.8, 4) is 5.88 Å². The molecule has 1 saturated carbocycles. The van der Waals surface area contributed by atoms with E-state index in [-0.39, 0.29) is 23.4 Å². The van der Waals surface area contributed by atoms with E-state index < -0.39 is 11.5 Å². The molecule has 3 heterocycles. The number of carbonyl (C=O) groups excluding carboxylic acids is 1. The van der Waals surface area contributed by atoms with Crippen LogP contribution in [0.15, 0.2) is 15.4 Å². The van der Waals surface area contributed by atoms with Gasteiger partial charge in [0.1, 0.15) is 5.65 Å². The maximum atomic E-state index is 12.9. The second-order valence-corrected chi connectivity index (χ2v) is 7.58. The second-order valence-electron chi connectivity index (χ2n) is 7.58. The molecule has 0 radical (unpaired) electrons. The van der Waals surface area contributed by atoms with E-state index in [0.29, 0.717) is 29.5 Å². The van der Waals surface area contributed by atoms with Gasteiger partial charge in [-0.15, -0.1) is 10.2 Å². The normalized spacial score (nSPS) is 14.3. The average Bonchev–Trinajstić information content (AvgIpc) is 3.20. The first-order valence-corrected chi connectivity index (χ1v) is 9.47. The minimum absolute atomic E-state index is 0.0597. The molecule has 1 fully saturated rings. The lowest BCUT2D eigenvalue weighted by atomic mass is 10.2. The summed E-state index contributed by atoms with van der Waals surface area (Å²) < 4.78 is 8.01. The molecule has 29 heavy (non-hydrogen) atoms. The molecule has 0 aliphatic heterocycles. The van der Waals surface area contributed by atoms with E-state index in [0.717, 1.165) is 17.4 Å². The second kappa shape index (κ2) is 7.19. The monoisotopic (exact) mass is 398 g/mol. The molecule has 0 saturated heterocycles. The number of nitrogens with one attached hydrogen (secondary N) is 1. The number of rotatable bonds is 6. The van der Waals surface area contributed by atoms with Crippen molar-refractivity contribution in [2.45, 2.75) is 46.2 Å². The van der Waals surface area contributed by atoms with Crippen LogP contribution in [0.25, 0.3) is 17.8 Å². The van der Waals surface area contributed by atoms with Gasteiger partial charge in [-0.25, -0.2) is 0 Å². The lowest BCUT2D eigenvalue weighted by molar-refractivity contribution is 0.0944. The van der Waals surface area contributed by atoms with Crippen LogP contribution in [0.2, 0.25) is 0 Å². The molecule has 0 spiro atoms. The van der Waals surface area contributed by atoms with Crippen LogP contribution in [0.1, 0.15) is 54.4 Å². The van der Waals surface area contributed by atoms with Crippen LogP contribution in [0, 0.1) is 12.8 Å². The van der Waals surface area contributed by atoms with Gasteiger partial charge in [0.25, 0.3) is 11.5 Å². The molecule has 0 bridgehead atoms. The number of carbonyl (C=O) groups is 1. The maximum absolute atomic E-state index is 12.9. The highest BCUT2D eigenvalue weighted by Crippen LogP contribution is 2.24. The van der Waals surface area contributed by atoms with E-state index in [2.05, 4.69) is 20.6 Å². The van der Waals surface area contributed by atoms with Gasteiger partial charge in [-0.05, 0) is 24.8 Å². The van der Waals surface area contributed by atoms with Crippen LogP contribution >= 0.6 is 0 Å². The highest BCUT2D eigenvalue weighted by Gasteiger charge is 2.29. The predicted octanol–water partition coefficient (Wildman–Crippen LogP) is 1.61. The molecule has 0 aromatic carbocycles. The van der Waals surface area contributed by atoms with Crippen molar-refractivity contribution >= 4 is 23.7 Å². The zero-order valence-electron chi connectivity index (χ0n) is 16.4. The van der Waals surface area contributed by atoms with Crippen molar-refractivity contribution in [2.75, 3.05) is 0 Å². The fourth-order valence-electron chi connectivity index (χ4n) is 3.09. The van der Waals surface area contributed by atoms with Gasteiger partial charge >= 0.3 is 0 Å². The lowest BCUT2D eigenvalue weighted by Crippen LogP contribution is -2.34. The topological polar surface area (TPSA) is 128 Å². The summed E-state index contributed by atoms with van der Waals surface area (Å²) in [7, 11) is 0. The van der Waals surface area contributed by atoms with Crippen molar-refractivity contribution in [2.24, 2.45) is 5.92 Å². The first-order valence-electron chi connectivity index (χ1n) is 9.47. The van der Waals surface area contributed by atoms with Crippen molar-refractivity contribution in [1.29, 1.82) is 0 Å². The third-order valence-electron chi connectivity index (χ3n) is 4.55. The Morgan fingerprint density at radius 3 is 2.76 bits per heavy atom. The molecule has 152 valence electrons. The van der Waals surface area contributed by atoms with Gasteiger partial charge < -0.3 is 14.8 Å². The van der Waals surface area contributed by atoms with Gasteiger partial charge in [0.05, 0.1) is 6.20 Å². The van der Waals surface area contributed by atoms with Crippen LogP contribution in [0.4, 0.5) is 0 Å². The summed E-state index contributed by atoms with van der Waals surface area (Å²) in [6, 6.07) is 0.0597. The molecule has 4 rings (SSSR count). The molecule has 0 unspecified atom stereocenters. The molecule has 10 nitrogen and oxygen atoms in total. The minimum atomic E-state index is -0.663. The molecule has 3 aromatic rings. The Morgan fingerprint density at radius 2 is 2.14 bits per heavy atom. The lowest BCUT2D eigenvalue weighted by Gasteiger charge is -2.17. The van der Waals surface area contributed by atoms with Crippen molar-refractivity contribution in [3.05, 3.63) is 39.5 Å². The first-order chi connectivity index (χ1) is 13.8. The summed E-state index contributed by atoms with van der Waals surface area (Å²) in [4.78, 5) is 25.5. The first kappa shape index (κ1) is 18.9. The Bertz CT molecular complexity index is 1170. The SMILES string of the molecule is Cc1nnc(C=Cc2cnn3c(=O)c(C(=O)NC4CC4)c(O)n(CC(C)C)c23)o1. The molecule has 3 aromatic heterocycles.